The first-order valence-electron chi connectivity index (χ1n) is 6.61. The van der Waals surface area contributed by atoms with Gasteiger partial charge in [0.2, 0.25) is 5.91 Å². The molecule has 0 aromatic heterocycles. The number of nitrogens with one attached hydrogen (secondary N) is 1. The van der Waals surface area contributed by atoms with E-state index in [0.29, 0.717) is 17.0 Å². The van der Waals surface area contributed by atoms with E-state index in [9.17, 15) is 4.79 Å². The lowest BCUT2D eigenvalue weighted by Gasteiger charge is -2.07. The van der Waals surface area contributed by atoms with Gasteiger partial charge >= 0.3 is 0 Å². The second kappa shape index (κ2) is 7.51. The van der Waals surface area contributed by atoms with Crippen molar-refractivity contribution in [2.75, 3.05) is 11.1 Å². The molecule has 3 nitrogen and oxygen atoms in total. The van der Waals surface area contributed by atoms with Crippen LogP contribution in [0, 0.1) is 18.3 Å². The highest BCUT2D eigenvalue weighted by Gasteiger charge is 2.06. The lowest BCUT2D eigenvalue weighted by Crippen LogP contribution is -2.15. The summed E-state index contributed by atoms with van der Waals surface area (Å²) in [4.78, 5) is 11.9. The van der Waals surface area contributed by atoms with Crippen molar-refractivity contribution < 1.29 is 4.79 Å². The summed E-state index contributed by atoms with van der Waals surface area (Å²) in [5, 5.41) is 11.7. The number of nitrogens with zero attached hydrogens (tertiary/aromatic N) is 1. The zero-order chi connectivity index (χ0) is 15.1. The summed E-state index contributed by atoms with van der Waals surface area (Å²) >= 11 is 1.56. The van der Waals surface area contributed by atoms with Gasteiger partial charge in [0.1, 0.15) is 6.07 Å². The summed E-state index contributed by atoms with van der Waals surface area (Å²) in [6, 6.07) is 17.4. The largest absolute Gasteiger partial charge is 0.324 e. The molecule has 0 spiro atoms. The van der Waals surface area contributed by atoms with E-state index in [1.54, 1.807) is 36.0 Å². The van der Waals surface area contributed by atoms with Crippen molar-refractivity contribution in [1.82, 2.24) is 0 Å². The third kappa shape index (κ3) is 4.66. The molecule has 0 fully saturated rings. The normalized spacial score (nSPS) is 9.90. The van der Waals surface area contributed by atoms with E-state index in [1.807, 2.05) is 0 Å². The van der Waals surface area contributed by atoms with Gasteiger partial charge in [-0.3, -0.25) is 4.79 Å². The molecule has 21 heavy (non-hydrogen) atoms. The van der Waals surface area contributed by atoms with Gasteiger partial charge in [0.15, 0.2) is 0 Å². The number of carbonyl (C=O) groups excluding carboxylic acids is 1. The molecule has 0 aliphatic carbocycles. The Morgan fingerprint density at radius 3 is 2.62 bits per heavy atom. The van der Waals surface area contributed by atoms with Crippen LogP contribution in [0.5, 0.6) is 0 Å². The number of carbonyl (C=O) groups is 1. The van der Waals surface area contributed by atoms with E-state index in [0.717, 1.165) is 5.75 Å². The Morgan fingerprint density at radius 1 is 1.19 bits per heavy atom. The summed E-state index contributed by atoms with van der Waals surface area (Å²) < 4.78 is 0. The van der Waals surface area contributed by atoms with Crippen LogP contribution in [0.4, 0.5) is 5.69 Å². The van der Waals surface area contributed by atoms with Crippen molar-refractivity contribution in [3.8, 4) is 6.07 Å². The Morgan fingerprint density at radius 2 is 1.90 bits per heavy atom. The van der Waals surface area contributed by atoms with Crippen LogP contribution < -0.4 is 5.32 Å². The topological polar surface area (TPSA) is 52.9 Å². The molecule has 0 saturated carbocycles. The monoisotopic (exact) mass is 296 g/mol. The zero-order valence-corrected chi connectivity index (χ0v) is 12.6. The van der Waals surface area contributed by atoms with E-state index >= 15 is 0 Å². The van der Waals surface area contributed by atoms with Gasteiger partial charge in [-0.15, -0.1) is 11.8 Å². The molecule has 2 aromatic carbocycles. The molecule has 0 atom stereocenters. The molecule has 0 bridgehead atoms. The fraction of sp³-hybridized carbons (Fsp3) is 0.176. The fourth-order valence-corrected chi connectivity index (χ4v) is 2.61. The average molecular weight is 296 g/mol. The van der Waals surface area contributed by atoms with E-state index in [-0.39, 0.29) is 5.91 Å². The molecule has 106 valence electrons. The van der Waals surface area contributed by atoms with E-state index < -0.39 is 0 Å². The third-order valence-electron chi connectivity index (χ3n) is 2.94. The minimum absolute atomic E-state index is 0.0881. The highest BCUT2D eigenvalue weighted by atomic mass is 32.2. The van der Waals surface area contributed by atoms with Crippen LogP contribution in [0.2, 0.25) is 0 Å². The van der Waals surface area contributed by atoms with Crippen LogP contribution in [0.25, 0.3) is 0 Å². The van der Waals surface area contributed by atoms with Crippen molar-refractivity contribution in [2.24, 2.45) is 0 Å². The molecular formula is C17H16N2OS. The molecule has 0 aliphatic rings. The first-order valence-corrected chi connectivity index (χ1v) is 7.77. The molecule has 1 amide bonds. The minimum Gasteiger partial charge on any atom is -0.324 e. The van der Waals surface area contributed by atoms with Crippen molar-refractivity contribution in [1.29, 1.82) is 5.26 Å². The van der Waals surface area contributed by atoms with E-state index in [4.69, 9.17) is 5.26 Å². The molecule has 0 aliphatic heterocycles. The number of benzene rings is 2. The number of para-hydroxylation sites is 1. The predicted octanol–water partition coefficient (Wildman–Crippen LogP) is 3.74. The Hall–Kier alpha value is -2.25. The van der Waals surface area contributed by atoms with E-state index in [1.165, 1.54) is 11.1 Å². The van der Waals surface area contributed by atoms with Crippen molar-refractivity contribution in [3.05, 3.63) is 65.2 Å². The minimum atomic E-state index is -0.0881. The molecule has 2 rings (SSSR count). The van der Waals surface area contributed by atoms with Crippen molar-refractivity contribution in [2.45, 2.75) is 12.7 Å². The van der Waals surface area contributed by atoms with Crippen molar-refractivity contribution in [3.63, 3.8) is 0 Å². The molecule has 0 radical (unpaired) electrons. The van der Waals surface area contributed by atoms with Gasteiger partial charge in [0.05, 0.1) is 17.0 Å². The highest BCUT2D eigenvalue weighted by Crippen LogP contribution is 2.16. The van der Waals surface area contributed by atoms with Gasteiger partial charge < -0.3 is 5.32 Å². The van der Waals surface area contributed by atoms with Gasteiger partial charge in [-0.05, 0) is 24.6 Å². The Labute approximate surface area is 129 Å². The van der Waals surface area contributed by atoms with Gasteiger partial charge in [-0.2, -0.15) is 5.26 Å². The fourth-order valence-electron chi connectivity index (χ4n) is 1.82. The van der Waals surface area contributed by atoms with Gasteiger partial charge in [0.25, 0.3) is 0 Å². The second-order valence-electron chi connectivity index (χ2n) is 4.68. The number of aryl methyl sites for hydroxylation is 1. The standard InChI is InChI=1S/C17H16N2OS/c1-13-6-8-14(9-7-13)11-21-12-17(20)19-16-5-3-2-4-15(16)10-18/h2-9H,11-12H2,1H3,(H,19,20). The SMILES string of the molecule is Cc1ccc(CSCC(=O)Nc2ccccc2C#N)cc1. The molecule has 2 aromatic rings. The maximum absolute atomic E-state index is 11.9. The number of anilines is 1. The van der Waals surface area contributed by atoms with Crippen LogP contribution in [0.1, 0.15) is 16.7 Å². The van der Waals surface area contributed by atoms with Gasteiger partial charge in [-0.1, -0.05) is 42.0 Å². The highest BCUT2D eigenvalue weighted by molar-refractivity contribution is 7.99. The maximum Gasteiger partial charge on any atom is 0.234 e. The Bertz CT molecular complexity index is 659. The predicted molar refractivity (Wildman–Crippen MR) is 87.1 cm³/mol. The number of hydrogen-bond donors (Lipinski definition) is 1. The summed E-state index contributed by atoms with van der Waals surface area (Å²) in [5.41, 5.74) is 3.49. The van der Waals surface area contributed by atoms with Crippen LogP contribution in [-0.2, 0) is 10.5 Å². The van der Waals surface area contributed by atoms with Crippen LogP contribution in [0.3, 0.4) is 0 Å². The molecular weight excluding hydrogens is 280 g/mol. The average Bonchev–Trinajstić information content (AvgIpc) is 2.50. The van der Waals surface area contributed by atoms with Crippen LogP contribution in [-0.4, -0.2) is 11.7 Å². The number of rotatable bonds is 5. The number of thioether (sulfide) groups is 1. The van der Waals surface area contributed by atoms with Crippen molar-refractivity contribution >= 4 is 23.4 Å². The first kappa shape index (κ1) is 15.1. The first-order chi connectivity index (χ1) is 10.2. The molecule has 0 heterocycles. The zero-order valence-electron chi connectivity index (χ0n) is 11.8. The molecule has 4 heteroatoms. The smallest absolute Gasteiger partial charge is 0.234 e. The summed E-state index contributed by atoms with van der Waals surface area (Å²) in [7, 11) is 0. The molecule has 0 unspecified atom stereocenters. The second-order valence-corrected chi connectivity index (χ2v) is 5.67. The lowest BCUT2D eigenvalue weighted by atomic mass is 10.2. The third-order valence-corrected chi connectivity index (χ3v) is 3.95. The Balaban J connectivity index is 1.82. The van der Waals surface area contributed by atoms with Crippen LogP contribution in [0.15, 0.2) is 48.5 Å². The molecule has 0 saturated heterocycles. The molecule has 1 N–H and O–H groups in total. The van der Waals surface area contributed by atoms with Gasteiger partial charge in [0, 0.05) is 5.75 Å². The van der Waals surface area contributed by atoms with Gasteiger partial charge in [-0.25, -0.2) is 0 Å². The Kier molecular flexibility index (Phi) is 5.42. The quantitative estimate of drug-likeness (QED) is 0.914. The number of hydrogen-bond acceptors (Lipinski definition) is 3. The summed E-state index contributed by atoms with van der Waals surface area (Å²) in [5.74, 6) is 1.08. The summed E-state index contributed by atoms with van der Waals surface area (Å²) in [6.07, 6.45) is 0. The summed E-state index contributed by atoms with van der Waals surface area (Å²) in [6.45, 7) is 2.05. The maximum atomic E-state index is 11.9. The van der Waals surface area contributed by atoms with Crippen LogP contribution >= 0.6 is 11.8 Å². The number of amides is 1. The number of nitriles is 1. The van der Waals surface area contributed by atoms with E-state index in [2.05, 4.69) is 42.6 Å². The lowest BCUT2D eigenvalue weighted by molar-refractivity contribution is -0.113.